The molecule has 0 aliphatic carbocycles. The molecule has 152 valence electrons. The Labute approximate surface area is 175 Å². The normalized spacial score (nSPS) is 11.9. The van der Waals surface area contributed by atoms with E-state index >= 15 is 0 Å². The molecular formula is C24H31N3OSi. The zero-order chi connectivity index (χ0) is 21.2. The second-order valence-corrected chi connectivity index (χ2v) is 14.1. The number of fused-ring (bicyclic) bond motifs is 1. The topological polar surface area (TPSA) is 39.9 Å². The van der Waals surface area contributed by atoms with Gasteiger partial charge in [0.15, 0.2) is 0 Å². The Balaban J connectivity index is 2.26. The average Bonchev–Trinajstić information content (AvgIpc) is 3.05. The van der Waals surface area contributed by atoms with E-state index in [-0.39, 0.29) is 0 Å². The minimum absolute atomic E-state index is 0.584. The van der Waals surface area contributed by atoms with Crippen molar-refractivity contribution in [2.45, 2.75) is 58.2 Å². The van der Waals surface area contributed by atoms with Gasteiger partial charge in [-0.3, -0.25) is 4.57 Å². The summed E-state index contributed by atoms with van der Waals surface area (Å²) in [4.78, 5) is 8.98. The van der Waals surface area contributed by atoms with Gasteiger partial charge in [0, 0.05) is 17.8 Å². The third kappa shape index (κ3) is 3.82. The molecule has 0 saturated carbocycles. The lowest BCUT2D eigenvalue weighted by Gasteiger charge is -2.38. The lowest BCUT2D eigenvalue weighted by atomic mass is 10.2. The molecule has 0 unspecified atom stereocenters. The standard InChI is InChI=1S/C24H31N3OSi/c1-17(2)29(18(3)4,19(5)6)14-11-21-15-20-16-22(28-7)9-10-23(20)27(21)24-25-12-8-13-26-24/h8-10,12-13,15-19H,1-7H3. The number of rotatable bonds is 5. The molecule has 0 spiro atoms. The first-order valence-corrected chi connectivity index (χ1v) is 12.5. The summed E-state index contributed by atoms with van der Waals surface area (Å²) >= 11 is 0. The van der Waals surface area contributed by atoms with Crippen molar-refractivity contribution in [3.05, 3.63) is 48.4 Å². The summed E-state index contributed by atoms with van der Waals surface area (Å²) in [6, 6.07) is 10.0. The Morgan fingerprint density at radius 3 is 2.10 bits per heavy atom. The van der Waals surface area contributed by atoms with E-state index in [9.17, 15) is 0 Å². The Morgan fingerprint density at radius 1 is 0.931 bits per heavy atom. The fourth-order valence-electron chi connectivity index (χ4n) is 4.64. The van der Waals surface area contributed by atoms with Gasteiger partial charge in [-0.25, -0.2) is 9.97 Å². The molecule has 0 atom stereocenters. The van der Waals surface area contributed by atoms with Crippen molar-refractivity contribution in [3.8, 4) is 23.2 Å². The number of aromatic nitrogens is 3. The van der Waals surface area contributed by atoms with E-state index in [2.05, 4.69) is 73.6 Å². The lowest BCUT2D eigenvalue weighted by molar-refractivity contribution is 0.415. The van der Waals surface area contributed by atoms with Crippen LogP contribution in [0.1, 0.15) is 47.2 Å². The molecule has 2 aromatic heterocycles. The number of ether oxygens (including phenoxy) is 1. The van der Waals surface area contributed by atoms with Crippen LogP contribution in [0.25, 0.3) is 16.9 Å². The van der Waals surface area contributed by atoms with Crippen LogP contribution in [0.2, 0.25) is 16.6 Å². The summed E-state index contributed by atoms with van der Waals surface area (Å²) in [5.41, 5.74) is 7.54. The summed E-state index contributed by atoms with van der Waals surface area (Å²) in [7, 11) is -0.153. The summed E-state index contributed by atoms with van der Waals surface area (Å²) < 4.78 is 7.47. The van der Waals surface area contributed by atoms with E-state index in [4.69, 9.17) is 4.74 Å². The van der Waals surface area contributed by atoms with Gasteiger partial charge >= 0.3 is 0 Å². The minimum atomic E-state index is -1.84. The molecule has 2 heterocycles. The molecule has 0 fully saturated rings. The molecule has 0 bridgehead atoms. The largest absolute Gasteiger partial charge is 0.497 e. The molecule has 29 heavy (non-hydrogen) atoms. The average molecular weight is 406 g/mol. The highest BCUT2D eigenvalue weighted by Gasteiger charge is 2.41. The van der Waals surface area contributed by atoms with Crippen LogP contribution in [0.4, 0.5) is 0 Å². The zero-order valence-corrected chi connectivity index (χ0v) is 19.5. The van der Waals surface area contributed by atoms with Gasteiger partial charge in [-0.15, -0.1) is 5.54 Å². The Morgan fingerprint density at radius 2 is 1.55 bits per heavy atom. The number of benzene rings is 1. The first-order valence-electron chi connectivity index (χ1n) is 10.3. The van der Waals surface area contributed by atoms with Crippen LogP contribution < -0.4 is 4.74 Å². The highest BCUT2D eigenvalue weighted by atomic mass is 28.3. The highest BCUT2D eigenvalue weighted by Crippen LogP contribution is 2.41. The Kier molecular flexibility index (Phi) is 6.14. The maximum absolute atomic E-state index is 5.42. The molecule has 3 aromatic rings. The molecule has 0 N–H and O–H groups in total. The monoisotopic (exact) mass is 405 g/mol. The second kappa shape index (κ2) is 8.42. The van der Waals surface area contributed by atoms with Gasteiger partial charge < -0.3 is 4.74 Å². The second-order valence-electron chi connectivity index (χ2n) is 8.49. The quantitative estimate of drug-likeness (QED) is 0.386. The maximum Gasteiger partial charge on any atom is 0.235 e. The molecule has 0 aliphatic rings. The zero-order valence-electron chi connectivity index (χ0n) is 18.5. The smallest absolute Gasteiger partial charge is 0.235 e. The maximum atomic E-state index is 5.42. The van der Waals surface area contributed by atoms with E-state index in [0.717, 1.165) is 22.3 Å². The van der Waals surface area contributed by atoms with Gasteiger partial charge in [0.2, 0.25) is 5.95 Å². The van der Waals surface area contributed by atoms with Gasteiger partial charge in [0.05, 0.1) is 18.3 Å². The van der Waals surface area contributed by atoms with Crippen LogP contribution in [-0.2, 0) is 0 Å². The van der Waals surface area contributed by atoms with E-state index in [1.807, 2.05) is 24.3 Å². The van der Waals surface area contributed by atoms with Crippen molar-refractivity contribution in [1.82, 2.24) is 14.5 Å². The number of nitrogens with zero attached hydrogens (tertiary/aromatic N) is 3. The predicted molar refractivity (Wildman–Crippen MR) is 123 cm³/mol. The SMILES string of the molecule is COc1ccc2c(c1)cc(C#C[Si](C(C)C)(C(C)C)C(C)C)n2-c1ncccn1. The van der Waals surface area contributed by atoms with Crippen molar-refractivity contribution in [2.75, 3.05) is 7.11 Å². The van der Waals surface area contributed by atoms with Crippen molar-refractivity contribution < 1.29 is 4.74 Å². The van der Waals surface area contributed by atoms with E-state index < -0.39 is 8.07 Å². The summed E-state index contributed by atoms with van der Waals surface area (Å²) in [5, 5.41) is 1.08. The van der Waals surface area contributed by atoms with Crippen LogP contribution in [0.5, 0.6) is 5.75 Å². The van der Waals surface area contributed by atoms with Gasteiger partial charge in [-0.1, -0.05) is 47.5 Å². The third-order valence-electron chi connectivity index (χ3n) is 6.03. The summed E-state index contributed by atoms with van der Waals surface area (Å²) in [5.74, 6) is 5.05. The Bertz CT molecular complexity index is 1020. The molecular weight excluding hydrogens is 374 g/mol. The fraction of sp³-hybridized carbons (Fsp3) is 0.417. The predicted octanol–water partition coefficient (Wildman–Crippen LogP) is 6.00. The van der Waals surface area contributed by atoms with Crippen LogP contribution in [-0.4, -0.2) is 29.7 Å². The van der Waals surface area contributed by atoms with E-state index in [1.54, 1.807) is 19.5 Å². The van der Waals surface area contributed by atoms with Gasteiger partial charge in [0.25, 0.3) is 0 Å². The van der Waals surface area contributed by atoms with Crippen LogP contribution in [0.15, 0.2) is 42.7 Å². The van der Waals surface area contributed by atoms with Gasteiger partial charge in [0.1, 0.15) is 13.8 Å². The first-order chi connectivity index (χ1) is 13.8. The van der Waals surface area contributed by atoms with Crippen LogP contribution in [0, 0.1) is 11.5 Å². The van der Waals surface area contributed by atoms with Crippen molar-refractivity contribution in [2.24, 2.45) is 0 Å². The van der Waals surface area contributed by atoms with Gasteiger partial charge in [-0.2, -0.15) is 0 Å². The third-order valence-corrected chi connectivity index (χ3v) is 12.3. The molecule has 5 heteroatoms. The molecule has 3 rings (SSSR count). The number of hydrogen-bond acceptors (Lipinski definition) is 3. The minimum Gasteiger partial charge on any atom is -0.497 e. The Hall–Kier alpha value is -2.58. The molecule has 0 amide bonds. The highest BCUT2D eigenvalue weighted by molar-refractivity contribution is 6.90. The van der Waals surface area contributed by atoms with Crippen molar-refractivity contribution in [3.63, 3.8) is 0 Å². The molecule has 1 aromatic carbocycles. The lowest BCUT2D eigenvalue weighted by Crippen LogP contribution is -2.43. The molecule has 4 nitrogen and oxygen atoms in total. The first kappa shape index (κ1) is 21.1. The number of methoxy groups -OCH3 is 1. The molecule has 0 aliphatic heterocycles. The summed E-state index contributed by atoms with van der Waals surface area (Å²) in [6.45, 7) is 14.0. The van der Waals surface area contributed by atoms with E-state index in [1.165, 1.54) is 0 Å². The molecule has 0 saturated heterocycles. The summed E-state index contributed by atoms with van der Waals surface area (Å²) in [6.07, 6.45) is 3.54. The van der Waals surface area contributed by atoms with Gasteiger partial charge in [-0.05, 0) is 47.0 Å². The van der Waals surface area contributed by atoms with E-state index in [0.29, 0.717) is 22.6 Å². The van der Waals surface area contributed by atoms with Crippen LogP contribution in [0.3, 0.4) is 0 Å². The fourth-order valence-corrected chi connectivity index (χ4v) is 9.85. The molecule has 0 radical (unpaired) electrons. The van der Waals surface area contributed by atoms with Crippen molar-refractivity contribution >= 4 is 19.0 Å². The van der Waals surface area contributed by atoms with Crippen molar-refractivity contribution in [1.29, 1.82) is 0 Å². The number of hydrogen-bond donors (Lipinski definition) is 0. The van der Waals surface area contributed by atoms with Crippen LogP contribution >= 0.6 is 0 Å².